The molecule has 2 aromatic rings. The fourth-order valence-electron chi connectivity index (χ4n) is 2.64. The number of amides is 1. The summed E-state index contributed by atoms with van der Waals surface area (Å²) in [4.78, 5) is 17.8. The summed E-state index contributed by atoms with van der Waals surface area (Å²) < 4.78 is 0.992. The summed E-state index contributed by atoms with van der Waals surface area (Å²) in [5.74, 6) is 0.115. The van der Waals surface area contributed by atoms with E-state index in [0.717, 1.165) is 35.1 Å². The van der Waals surface area contributed by atoms with Crippen LogP contribution in [0.5, 0.6) is 0 Å². The lowest BCUT2D eigenvalue weighted by Gasteiger charge is -2.24. The van der Waals surface area contributed by atoms with E-state index in [1.54, 1.807) is 0 Å². The van der Waals surface area contributed by atoms with Crippen molar-refractivity contribution in [1.82, 2.24) is 9.88 Å². The number of benzene rings is 1. The fourth-order valence-corrected chi connectivity index (χ4v) is 2.91. The highest BCUT2D eigenvalue weighted by Crippen LogP contribution is 2.32. The van der Waals surface area contributed by atoms with Crippen molar-refractivity contribution < 1.29 is 4.79 Å². The standard InChI is InChI=1S/C15H15BrN2O/c16-12-7-5-11(6-8-12)15(19)18-10-2-4-14(18)13-3-1-9-17-13/h1,3,5-9,14,17H,2,4,10H2. The molecule has 0 bridgehead atoms. The molecule has 98 valence electrons. The van der Waals surface area contributed by atoms with Crippen molar-refractivity contribution in [1.29, 1.82) is 0 Å². The zero-order chi connectivity index (χ0) is 13.2. The van der Waals surface area contributed by atoms with Gasteiger partial charge >= 0.3 is 0 Å². The van der Waals surface area contributed by atoms with E-state index in [1.165, 1.54) is 0 Å². The molecule has 2 heterocycles. The maximum Gasteiger partial charge on any atom is 0.254 e. The zero-order valence-corrected chi connectivity index (χ0v) is 12.1. The highest BCUT2D eigenvalue weighted by Gasteiger charge is 2.30. The predicted molar refractivity (Wildman–Crippen MR) is 77.9 cm³/mol. The van der Waals surface area contributed by atoms with Crippen LogP contribution < -0.4 is 0 Å². The van der Waals surface area contributed by atoms with Crippen LogP contribution in [-0.2, 0) is 0 Å². The summed E-state index contributed by atoms with van der Waals surface area (Å²) in [7, 11) is 0. The first kappa shape index (κ1) is 12.5. The van der Waals surface area contributed by atoms with E-state index < -0.39 is 0 Å². The Hall–Kier alpha value is -1.55. The second-order valence-corrected chi connectivity index (χ2v) is 5.70. The van der Waals surface area contributed by atoms with Gasteiger partial charge in [0.05, 0.1) is 6.04 Å². The van der Waals surface area contributed by atoms with Gasteiger partial charge in [0.2, 0.25) is 0 Å². The van der Waals surface area contributed by atoms with Crippen molar-refractivity contribution in [3.63, 3.8) is 0 Å². The van der Waals surface area contributed by atoms with Gasteiger partial charge < -0.3 is 9.88 Å². The van der Waals surface area contributed by atoms with Crippen LogP contribution in [0.2, 0.25) is 0 Å². The first-order valence-electron chi connectivity index (χ1n) is 6.45. The molecule has 1 unspecified atom stereocenters. The maximum atomic E-state index is 12.6. The van der Waals surface area contributed by atoms with Crippen LogP contribution in [0.3, 0.4) is 0 Å². The molecule has 0 radical (unpaired) electrons. The summed E-state index contributed by atoms with van der Waals surface area (Å²) in [6, 6.07) is 11.8. The van der Waals surface area contributed by atoms with Crippen molar-refractivity contribution in [2.24, 2.45) is 0 Å². The number of aromatic amines is 1. The van der Waals surface area contributed by atoms with Gasteiger partial charge in [-0.3, -0.25) is 4.79 Å². The minimum absolute atomic E-state index is 0.115. The molecule has 0 spiro atoms. The number of aromatic nitrogens is 1. The molecular formula is C15H15BrN2O. The monoisotopic (exact) mass is 318 g/mol. The van der Waals surface area contributed by atoms with Crippen molar-refractivity contribution in [3.05, 3.63) is 58.3 Å². The van der Waals surface area contributed by atoms with E-state index in [4.69, 9.17) is 0 Å². The number of rotatable bonds is 2. The number of likely N-dealkylation sites (tertiary alicyclic amines) is 1. The highest BCUT2D eigenvalue weighted by molar-refractivity contribution is 9.10. The number of carbonyl (C=O) groups excluding carboxylic acids is 1. The molecular weight excluding hydrogens is 304 g/mol. The van der Waals surface area contributed by atoms with E-state index in [0.29, 0.717) is 0 Å². The number of hydrogen-bond donors (Lipinski definition) is 1. The smallest absolute Gasteiger partial charge is 0.254 e. The van der Waals surface area contributed by atoms with E-state index in [9.17, 15) is 4.79 Å². The topological polar surface area (TPSA) is 36.1 Å². The van der Waals surface area contributed by atoms with Crippen LogP contribution in [0.25, 0.3) is 0 Å². The number of halogens is 1. The Kier molecular flexibility index (Phi) is 3.42. The van der Waals surface area contributed by atoms with Gasteiger partial charge in [-0.25, -0.2) is 0 Å². The third kappa shape index (κ3) is 2.45. The van der Waals surface area contributed by atoms with Gasteiger partial charge in [-0.2, -0.15) is 0 Å². The van der Waals surface area contributed by atoms with Gasteiger partial charge in [-0.1, -0.05) is 15.9 Å². The lowest BCUT2D eigenvalue weighted by molar-refractivity contribution is 0.0733. The van der Waals surface area contributed by atoms with Crippen molar-refractivity contribution >= 4 is 21.8 Å². The number of H-pyrrole nitrogens is 1. The first-order chi connectivity index (χ1) is 9.25. The van der Waals surface area contributed by atoms with E-state index in [-0.39, 0.29) is 11.9 Å². The first-order valence-corrected chi connectivity index (χ1v) is 7.25. The van der Waals surface area contributed by atoms with Gasteiger partial charge in [0.15, 0.2) is 0 Å². The molecule has 1 atom stereocenters. The molecule has 3 rings (SSSR count). The number of nitrogens with zero attached hydrogens (tertiary/aromatic N) is 1. The predicted octanol–water partition coefficient (Wildman–Crippen LogP) is 3.75. The van der Waals surface area contributed by atoms with E-state index in [2.05, 4.69) is 27.0 Å². The summed E-state index contributed by atoms with van der Waals surface area (Å²) in [5.41, 5.74) is 1.88. The summed E-state index contributed by atoms with van der Waals surface area (Å²) in [6.45, 7) is 0.832. The van der Waals surface area contributed by atoms with Crippen LogP contribution in [0.15, 0.2) is 47.1 Å². The van der Waals surface area contributed by atoms with E-state index in [1.807, 2.05) is 41.4 Å². The third-order valence-electron chi connectivity index (χ3n) is 3.59. The maximum absolute atomic E-state index is 12.6. The molecule has 1 saturated heterocycles. The quantitative estimate of drug-likeness (QED) is 0.899. The molecule has 4 heteroatoms. The number of hydrogen-bond acceptors (Lipinski definition) is 1. The second kappa shape index (κ2) is 5.21. The van der Waals surface area contributed by atoms with Crippen molar-refractivity contribution in [2.75, 3.05) is 6.54 Å². The fraction of sp³-hybridized carbons (Fsp3) is 0.267. The average Bonchev–Trinajstić information content (AvgIpc) is 3.09. The molecule has 19 heavy (non-hydrogen) atoms. The van der Waals surface area contributed by atoms with Crippen LogP contribution in [0, 0.1) is 0 Å². The molecule has 1 fully saturated rings. The third-order valence-corrected chi connectivity index (χ3v) is 4.11. The Morgan fingerprint density at radius 3 is 2.74 bits per heavy atom. The van der Waals surface area contributed by atoms with Crippen LogP contribution in [-0.4, -0.2) is 22.3 Å². The van der Waals surface area contributed by atoms with Gasteiger partial charge in [0.1, 0.15) is 0 Å². The Bertz CT molecular complexity index is 562. The molecule has 0 aliphatic carbocycles. The van der Waals surface area contributed by atoms with Gasteiger partial charge in [0.25, 0.3) is 5.91 Å². The number of nitrogens with one attached hydrogen (secondary N) is 1. The largest absolute Gasteiger partial charge is 0.363 e. The molecule has 3 nitrogen and oxygen atoms in total. The van der Waals surface area contributed by atoms with Gasteiger partial charge in [-0.05, 0) is 49.2 Å². The summed E-state index contributed by atoms with van der Waals surface area (Å²) >= 11 is 3.39. The minimum Gasteiger partial charge on any atom is -0.363 e. The van der Waals surface area contributed by atoms with Gasteiger partial charge in [-0.15, -0.1) is 0 Å². The Morgan fingerprint density at radius 2 is 2.05 bits per heavy atom. The normalized spacial score (nSPS) is 18.8. The Balaban J connectivity index is 1.84. The summed E-state index contributed by atoms with van der Waals surface area (Å²) in [5, 5.41) is 0. The summed E-state index contributed by atoms with van der Waals surface area (Å²) in [6.07, 6.45) is 4.00. The SMILES string of the molecule is O=C(c1ccc(Br)cc1)N1CCCC1c1ccc[nH]1. The molecule has 1 amide bonds. The molecule has 1 N–H and O–H groups in total. The Labute approximate surface area is 120 Å². The molecule has 1 aliphatic rings. The molecule has 1 aliphatic heterocycles. The molecule has 1 aromatic heterocycles. The van der Waals surface area contributed by atoms with E-state index >= 15 is 0 Å². The average molecular weight is 319 g/mol. The van der Waals surface area contributed by atoms with Gasteiger partial charge in [0, 0.05) is 28.5 Å². The minimum atomic E-state index is 0.115. The van der Waals surface area contributed by atoms with Crippen LogP contribution in [0.4, 0.5) is 0 Å². The molecule has 0 saturated carbocycles. The Morgan fingerprint density at radius 1 is 1.26 bits per heavy atom. The second-order valence-electron chi connectivity index (χ2n) is 4.79. The van der Waals surface area contributed by atoms with Crippen molar-refractivity contribution in [3.8, 4) is 0 Å². The molecule has 1 aromatic carbocycles. The van der Waals surface area contributed by atoms with Crippen LogP contribution in [0.1, 0.15) is 34.9 Å². The van der Waals surface area contributed by atoms with Crippen LogP contribution >= 0.6 is 15.9 Å². The van der Waals surface area contributed by atoms with Crippen molar-refractivity contribution in [2.45, 2.75) is 18.9 Å². The lowest BCUT2D eigenvalue weighted by atomic mass is 10.1. The highest BCUT2D eigenvalue weighted by atomic mass is 79.9. The number of carbonyl (C=O) groups is 1. The zero-order valence-electron chi connectivity index (χ0n) is 10.5. The lowest BCUT2D eigenvalue weighted by Crippen LogP contribution is -2.30.